The Bertz CT molecular complexity index is 426. The van der Waals surface area contributed by atoms with E-state index in [1.807, 2.05) is 6.92 Å². The van der Waals surface area contributed by atoms with E-state index in [9.17, 15) is 13.6 Å². The molecule has 0 saturated carbocycles. The zero-order valence-corrected chi connectivity index (χ0v) is 10.9. The summed E-state index contributed by atoms with van der Waals surface area (Å²) in [4.78, 5) is 11.4. The number of esters is 1. The lowest BCUT2D eigenvalue weighted by atomic mass is 10.2. The fourth-order valence-corrected chi connectivity index (χ4v) is 1.57. The summed E-state index contributed by atoms with van der Waals surface area (Å²) in [6.07, 6.45) is 0.302. The lowest BCUT2D eigenvalue weighted by Gasteiger charge is -2.15. The Labute approximate surface area is 110 Å². The van der Waals surface area contributed by atoms with E-state index >= 15 is 0 Å². The molecule has 0 radical (unpaired) electrons. The molecule has 0 aliphatic rings. The van der Waals surface area contributed by atoms with Crippen molar-refractivity contribution in [2.75, 3.05) is 20.3 Å². The summed E-state index contributed by atoms with van der Waals surface area (Å²) in [5.41, 5.74) is 0. The molecule has 1 N–H and O–H groups in total. The third-order valence-corrected chi connectivity index (χ3v) is 2.49. The highest BCUT2D eigenvalue weighted by Gasteiger charge is 2.18. The molecule has 106 valence electrons. The maximum absolute atomic E-state index is 13.3. The highest BCUT2D eigenvalue weighted by Crippen LogP contribution is 2.18. The zero-order valence-electron chi connectivity index (χ0n) is 10.9. The number of methoxy groups -OCH3 is 1. The van der Waals surface area contributed by atoms with Crippen molar-refractivity contribution in [1.82, 2.24) is 5.32 Å². The van der Waals surface area contributed by atoms with Crippen LogP contribution >= 0.6 is 0 Å². The Balaban J connectivity index is 2.51. The minimum Gasteiger partial charge on any atom is -0.490 e. The first kappa shape index (κ1) is 15.4. The fraction of sp³-hybridized carbons (Fsp3) is 0.462. The van der Waals surface area contributed by atoms with Gasteiger partial charge in [-0.2, -0.15) is 0 Å². The first-order valence-electron chi connectivity index (χ1n) is 5.97. The van der Waals surface area contributed by atoms with Crippen LogP contribution in [0.15, 0.2) is 18.2 Å². The van der Waals surface area contributed by atoms with Gasteiger partial charge in [0, 0.05) is 12.5 Å². The van der Waals surface area contributed by atoms with Crippen LogP contribution in [0.2, 0.25) is 0 Å². The monoisotopic (exact) mass is 273 g/mol. The summed E-state index contributed by atoms with van der Waals surface area (Å²) >= 11 is 0. The molecule has 1 rings (SSSR count). The molecule has 0 fully saturated rings. The van der Waals surface area contributed by atoms with E-state index in [0.29, 0.717) is 13.0 Å². The molecule has 0 heterocycles. The van der Waals surface area contributed by atoms with Crippen LogP contribution in [-0.4, -0.2) is 32.3 Å². The molecule has 0 saturated heterocycles. The van der Waals surface area contributed by atoms with Gasteiger partial charge >= 0.3 is 5.97 Å². The molecular weight excluding hydrogens is 256 g/mol. The van der Waals surface area contributed by atoms with Gasteiger partial charge in [0.05, 0.1) is 13.7 Å². The first-order valence-corrected chi connectivity index (χ1v) is 5.97. The molecular formula is C13H17F2NO3. The summed E-state index contributed by atoms with van der Waals surface area (Å²) < 4.78 is 35.9. The molecule has 1 atom stereocenters. The standard InChI is InChI=1S/C13H17F2NO3/c1-3-16-11(13(17)18-2)6-7-19-12-8-9(14)4-5-10(12)15/h4-5,8,11,16H,3,6-7H2,1-2H3. The number of benzene rings is 1. The Hall–Kier alpha value is -1.69. The highest BCUT2D eigenvalue weighted by molar-refractivity contribution is 5.75. The number of carbonyl (C=O) groups is 1. The van der Waals surface area contributed by atoms with Crippen LogP contribution in [0.1, 0.15) is 13.3 Å². The van der Waals surface area contributed by atoms with Crippen LogP contribution in [-0.2, 0) is 9.53 Å². The molecule has 0 amide bonds. The normalized spacial score (nSPS) is 12.0. The van der Waals surface area contributed by atoms with Crippen LogP contribution in [0.3, 0.4) is 0 Å². The Morgan fingerprint density at radius 3 is 2.79 bits per heavy atom. The van der Waals surface area contributed by atoms with Gasteiger partial charge in [-0.05, 0) is 18.7 Å². The number of nitrogens with one attached hydrogen (secondary N) is 1. The highest BCUT2D eigenvalue weighted by atomic mass is 19.1. The Morgan fingerprint density at radius 1 is 1.42 bits per heavy atom. The molecule has 0 aliphatic heterocycles. The Kier molecular flexibility index (Phi) is 6.21. The summed E-state index contributed by atoms with van der Waals surface area (Å²) in [7, 11) is 1.29. The van der Waals surface area contributed by atoms with Crippen molar-refractivity contribution in [3.8, 4) is 5.75 Å². The molecule has 0 bridgehead atoms. The third kappa shape index (κ3) is 4.82. The number of carbonyl (C=O) groups excluding carboxylic acids is 1. The quantitative estimate of drug-likeness (QED) is 0.771. The minimum absolute atomic E-state index is 0.0765. The average Bonchev–Trinajstić information content (AvgIpc) is 2.40. The van der Waals surface area contributed by atoms with E-state index in [4.69, 9.17) is 4.74 Å². The maximum atomic E-state index is 13.3. The summed E-state index contributed by atoms with van der Waals surface area (Å²) in [5.74, 6) is -1.79. The number of likely N-dealkylation sites (N-methyl/N-ethyl adjacent to an activating group) is 1. The molecule has 19 heavy (non-hydrogen) atoms. The molecule has 0 aliphatic carbocycles. The van der Waals surface area contributed by atoms with Gasteiger partial charge in [-0.3, -0.25) is 4.79 Å². The number of rotatable bonds is 7. The largest absolute Gasteiger partial charge is 0.490 e. The molecule has 6 heteroatoms. The molecule has 0 aromatic heterocycles. The van der Waals surface area contributed by atoms with Crippen molar-refractivity contribution in [2.45, 2.75) is 19.4 Å². The van der Waals surface area contributed by atoms with Crippen molar-refractivity contribution < 1.29 is 23.0 Å². The topological polar surface area (TPSA) is 47.6 Å². The van der Waals surface area contributed by atoms with E-state index in [-0.39, 0.29) is 12.4 Å². The van der Waals surface area contributed by atoms with Gasteiger partial charge in [0.25, 0.3) is 0 Å². The second-order valence-corrected chi connectivity index (χ2v) is 3.85. The zero-order chi connectivity index (χ0) is 14.3. The van der Waals surface area contributed by atoms with Crippen molar-refractivity contribution in [3.05, 3.63) is 29.8 Å². The van der Waals surface area contributed by atoms with Crippen molar-refractivity contribution in [2.24, 2.45) is 0 Å². The van der Waals surface area contributed by atoms with Gasteiger partial charge in [-0.15, -0.1) is 0 Å². The van der Waals surface area contributed by atoms with Gasteiger partial charge in [-0.25, -0.2) is 8.78 Å². The van der Waals surface area contributed by atoms with E-state index in [1.165, 1.54) is 7.11 Å². The summed E-state index contributed by atoms with van der Waals surface area (Å²) in [6.45, 7) is 2.52. The van der Waals surface area contributed by atoms with E-state index in [0.717, 1.165) is 18.2 Å². The molecule has 1 unspecified atom stereocenters. The molecule has 0 spiro atoms. The van der Waals surface area contributed by atoms with Crippen LogP contribution in [0, 0.1) is 11.6 Å². The number of ether oxygens (including phenoxy) is 2. The van der Waals surface area contributed by atoms with Crippen molar-refractivity contribution >= 4 is 5.97 Å². The maximum Gasteiger partial charge on any atom is 0.322 e. The number of hydrogen-bond donors (Lipinski definition) is 1. The Morgan fingerprint density at radius 2 is 2.16 bits per heavy atom. The lowest BCUT2D eigenvalue weighted by Crippen LogP contribution is -2.38. The SMILES string of the molecule is CCNC(CCOc1cc(F)ccc1F)C(=O)OC. The van der Waals surface area contributed by atoms with Crippen molar-refractivity contribution in [3.63, 3.8) is 0 Å². The summed E-state index contributed by atoms with van der Waals surface area (Å²) in [6, 6.07) is 2.45. The first-order chi connectivity index (χ1) is 9.08. The van der Waals surface area contributed by atoms with E-state index < -0.39 is 23.6 Å². The number of halogens is 2. The smallest absolute Gasteiger partial charge is 0.322 e. The van der Waals surface area contributed by atoms with Crippen molar-refractivity contribution in [1.29, 1.82) is 0 Å². The predicted molar refractivity (Wildman–Crippen MR) is 66.0 cm³/mol. The van der Waals surface area contributed by atoms with Crippen LogP contribution < -0.4 is 10.1 Å². The van der Waals surface area contributed by atoms with Gasteiger partial charge in [0.15, 0.2) is 11.6 Å². The number of hydrogen-bond acceptors (Lipinski definition) is 4. The summed E-state index contributed by atoms with van der Waals surface area (Å²) in [5, 5.41) is 2.92. The van der Waals surface area contributed by atoms with E-state index in [1.54, 1.807) is 0 Å². The fourth-order valence-electron chi connectivity index (χ4n) is 1.57. The van der Waals surface area contributed by atoms with Gasteiger partial charge in [0.1, 0.15) is 11.9 Å². The second-order valence-electron chi connectivity index (χ2n) is 3.85. The van der Waals surface area contributed by atoms with Gasteiger partial charge in [0.2, 0.25) is 0 Å². The third-order valence-electron chi connectivity index (χ3n) is 2.49. The molecule has 1 aromatic carbocycles. The van der Waals surface area contributed by atoms with Crippen LogP contribution in [0.5, 0.6) is 5.75 Å². The van der Waals surface area contributed by atoms with Crippen LogP contribution in [0.25, 0.3) is 0 Å². The molecule has 1 aromatic rings. The van der Waals surface area contributed by atoms with Gasteiger partial charge in [-0.1, -0.05) is 6.92 Å². The minimum atomic E-state index is -0.639. The average molecular weight is 273 g/mol. The molecule has 4 nitrogen and oxygen atoms in total. The van der Waals surface area contributed by atoms with E-state index in [2.05, 4.69) is 10.1 Å². The second kappa shape index (κ2) is 7.68. The van der Waals surface area contributed by atoms with Gasteiger partial charge < -0.3 is 14.8 Å². The predicted octanol–water partition coefficient (Wildman–Crippen LogP) is 1.88. The lowest BCUT2D eigenvalue weighted by molar-refractivity contribution is -0.143. The van der Waals surface area contributed by atoms with Crippen LogP contribution in [0.4, 0.5) is 8.78 Å².